The molecule has 0 aliphatic heterocycles. The molecule has 0 saturated heterocycles. The van der Waals surface area contributed by atoms with Gasteiger partial charge in [0.05, 0.1) is 5.56 Å². The van der Waals surface area contributed by atoms with E-state index >= 15 is 0 Å². The van der Waals surface area contributed by atoms with Gasteiger partial charge in [0.15, 0.2) is 5.82 Å². The molecule has 5 heteroatoms. The van der Waals surface area contributed by atoms with Crippen molar-refractivity contribution in [2.24, 2.45) is 5.92 Å². The molecule has 0 radical (unpaired) electrons. The van der Waals surface area contributed by atoms with Crippen LogP contribution in [0.3, 0.4) is 0 Å². The van der Waals surface area contributed by atoms with Crippen LogP contribution in [0.1, 0.15) is 80.4 Å². The van der Waals surface area contributed by atoms with Gasteiger partial charge >= 0.3 is 5.97 Å². The van der Waals surface area contributed by atoms with Crippen LogP contribution in [0.15, 0.2) is 48.5 Å². The van der Waals surface area contributed by atoms with E-state index in [1.54, 1.807) is 12.1 Å². The molecule has 3 aromatic rings. The van der Waals surface area contributed by atoms with Crippen LogP contribution in [-0.4, -0.2) is 25.8 Å². The molecule has 32 heavy (non-hydrogen) atoms. The lowest BCUT2D eigenvalue weighted by Crippen LogP contribution is -2.07. The molecule has 0 unspecified atom stereocenters. The first-order valence-corrected chi connectivity index (χ1v) is 11.8. The number of carboxylic acid groups (broad SMARTS) is 1. The summed E-state index contributed by atoms with van der Waals surface area (Å²) in [5.41, 5.74) is 3.12. The van der Waals surface area contributed by atoms with Crippen molar-refractivity contribution in [2.75, 3.05) is 0 Å². The van der Waals surface area contributed by atoms with Crippen molar-refractivity contribution >= 4 is 5.97 Å². The lowest BCUT2D eigenvalue weighted by Gasteiger charge is -2.08. The van der Waals surface area contributed by atoms with Gasteiger partial charge in [0.25, 0.3) is 0 Å². The molecule has 1 N–H and O–H groups in total. The molecular weight excluding hydrogens is 398 g/mol. The Kier molecular flexibility index (Phi) is 8.60. The molecule has 0 aliphatic rings. The van der Waals surface area contributed by atoms with Gasteiger partial charge in [-0.05, 0) is 41.5 Å². The fraction of sp³-hybridized carbons (Fsp3) is 0.444. The second kappa shape index (κ2) is 11.6. The van der Waals surface area contributed by atoms with Crippen LogP contribution in [0, 0.1) is 5.92 Å². The predicted molar refractivity (Wildman–Crippen MR) is 129 cm³/mol. The zero-order valence-electron chi connectivity index (χ0n) is 19.6. The van der Waals surface area contributed by atoms with Gasteiger partial charge in [0, 0.05) is 19.4 Å². The quantitative estimate of drug-likeness (QED) is 0.335. The summed E-state index contributed by atoms with van der Waals surface area (Å²) in [7, 11) is 0. The fourth-order valence-electron chi connectivity index (χ4n) is 3.85. The van der Waals surface area contributed by atoms with Crippen LogP contribution in [0.5, 0.6) is 0 Å². The van der Waals surface area contributed by atoms with Gasteiger partial charge in [-0.2, -0.15) is 5.10 Å². The normalized spacial score (nSPS) is 11.2. The summed E-state index contributed by atoms with van der Waals surface area (Å²) in [6, 6.07) is 15.3. The monoisotopic (exact) mass is 433 g/mol. The molecule has 0 saturated carbocycles. The van der Waals surface area contributed by atoms with Crippen molar-refractivity contribution in [2.45, 2.75) is 72.3 Å². The van der Waals surface area contributed by atoms with Gasteiger partial charge in [-0.3, -0.25) is 0 Å². The molecular formula is C27H35N3O2. The highest BCUT2D eigenvalue weighted by Crippen LogP contribution is 2.25. The van der Waals surface area contributed by atoms with E-state index in [-0.39, 0.29) is 0 Å². The predicted octanol–water partition coefficient (Wildman–Crippen LogP) is 6.40. The topological polar surface area (TPSA) is 68.0 Å². The maximum atomic E-state index is 11.5. The fourth-order valence-corrected chi connectivity index (χ4v) is 3.85. The largest absolute Gasteiger partial charge is 0.478 e. The number of unbranched alkanes of at least 4 members (excludes halogenated alkanes) is 3. The zero-order valence-corrected chi connectivity index (χ0v) is 19.6. The number of carbonyl (C=O) groups is 1. The Hall–Kier alpha value is -2.95. The first kappa shape index (κ1) is 23.7. The van der Waals surface area contributed by atoms with E-state index in [9.17, 15) is 9.90 Å². The van der Waals surface area contributed by atoms with Gasteiger partial charge in [0.1, 0.15) is 5.82 Å². The molecule has 1 heterocycles. The number of aryl methyl sites for hydroxylation is 2. The number of carboxylic acids is 1. The Morgan fingerprint density at radius 2 is 1.78 bits per heavy atom. The Morgan fingerprint density at radius 3 is 2.47 bits per heavy atom. The van der Waals surface area contributed by atoms with Crippen molar-refractivity contribution in [1.82, 2.24) is 14.8 Å². The minimum absolute atomic E-state index is 0.321. The van der Waals surface area contributed by atoms with E-state index in [2.05, 4.69) is 37.6 Å². The molecule has 1 aromatic heterocycles. The third-order valence-corrected chi connectivity index (χ3v) is 5.75. The first-order valence-electron chi connectivity index (χ1n) is 11.8. The van der Waals surface area contributed by atoms with Gasteiger partial charge in [0.2, 0.25) is 0 Å². The highest BCUT2D eigenvalue weighted by atomic mass is 16.4. The van der Waals surface area contributed by atoms with E-state index in [4.69, 9.17) is 10.1 Å². The SMILES string of the molecule is CCCCCCn1nc(CCC(C)C)nc1Cc1ccc(-c2ccccc2C(=O)O)cc1. The van der Waals surface area contributed by atoms with E-state index in [0.29, 0.717) is 11.5 Å². The molecule has 5 nitrogen and oxygen atoms in total. The van der Waals surface area contributed by atoms with Gasteiger partial charge < -0.3 is 5.11 Å². The maximum Gasteiger partial charge on any atom is 0.336 e. The highest BCUT2D eigenvalue weighted by Gasteiger charge is 2.13. The molecule has 170 valence electrons. The highest BCUT2D eigenvalue weighted by molar-refractivity contribution is 5.95. The van der Waals surface area contributed by atoms with Gasteiger partial charge in [-0.1, -0.05) is 82.5 Å². The third-order valence-electron chi connectivity index (χ3n) is 5.75. The molecule has 0 atom stereocenters. The number of hydrogen-bond acceptors (Lipinski definition) is 3. The Morgan fingerprint density at radius 1 is 1.03 bits per heavy atom. The second-order valence-corrected chi connectivity index (χ2v) is 8.89. The number of rotatable bonds is 12. The minimum atomic E-state index is -0.908. The zero-order chi connectivity index (χ0) is 22.9. The molecule has 3 rings (SSSR count). The summed E-state index contributed by atoms with van der Waals surface area (Å²) < 4.78 is 2.10. The Bertz CT molecular complexity index is 1010. The standard InChI is InChI=1S/C27H35N3O2/c1-4-5-6-9-18-30-26(28-25(29-30)17-12-20(2)3)19-21-13-15-22(16-14-21)23-10-7-8-11-24(23)27(31)32/h7-8,10-11,13-16,20H,4-6,9,12,17-19H2,1-3H3,(H,31,32). The van der Waals surface area contributed by atoms with E-state index < -0.39 is 5.97 Å². The summed E-state index contributed by atoms with van der Waals surface area (Å²) in [6.07, 6.45) is 7.55. The molecule has 0 aliphatic carbocycles. The maximum absolute atomic E-state index is 11.5. The summed E-state index contributed by atoms with van der Waals surface area (Å²) >= 11 is 0. The lowest BCUT2D eigenvalue weighted by molar-refractivity contribution is 0.0697. The van der Waals surface area contributed by atoms with Crippen molar-refractivity contribution < 1.29 is 9.90 Å². The third kappa shape index (κ3) is 6.52. The molecule has 0 fully saturated rings. The van der Waals surface area contributed by atoms with Crippen LogP contribution in [0.4, 0.5) is 0 Å². The van der Waals surface area contributed by atoms with Gasteiger partial charge in [-0.25, -0.2) is 14.5 Å². The molecule has 0 spiro atoms. The van der Waals surface area contributed by atoms with Crippen molar-refractivity contribution in [3.05, 3.63) is 71.3 Å². The number of benzene rings is 2. The van der Waals surface area contributed by atoms with Crippen LogP contribution in [0.25, 0.3) is 11.1 Å². The van der Waals surface area contributed by atoms with Gasteiger partial charge in [-0.15, -0.1) is 0 Å². The van der Waals surface area contributed by atoms with E-state index in [0.717, 1.165) is 60.6 Å². The van der Waals surface area contributed by atoms with E-state index in [1.807, 2.05) is 24.3 Å². The molecule has 0 bridgehead atoms. The summed E-state index contributed by atoms with van der Waals surface area (Å²) in [4.78, 5) is 16.4. The summed E-state index contributed by atoms with van der Waals surface area (Å²) in [5, 5.41) is 14.3. The number of aromatic nitrogens is 3. The van der Waals surface area contributed by atoms with Crippen LogP contribution in [-0.2, 0) is 19.4 Å². The lowest BCUT2D eigenvalue weighted by atomic mass is 9.98. The minimum Gasteiger partial charge on any atom is -0.478 e. The second-order valence-electron chi connectivity index (χ2n) is 8.89. The average Bonchev–Trinajstić information content (AvgIpc) is 3.17. The van der Waals surface area contributed by atoms with Crippen molar-refractivity contribution in [3.63, 3.8) is 0 Å². The summed E-state index contributed by atoms with van der Waals surface area (Å²) in [5.74, 6) is 1.68. The van der Waals surface area contributed by atoms with Crippen molar-refractivity contribution in [3.8, 4) is 11.1 Å². The van der Waals surface area contributed by atoms with Crippen LogP contribution >= 0.6 is 0 Å². The van der Waals surface area contributed by atoms with Crippen LogP contribution in [0.2, 0.25) is 0 Å². The summed E-state index contributed by atoms with van der Waals surface area (Å²) in [6.45, 7) is 7.59. The van der Waals surface area contributed by atoms with Crippen molar-refractivity contribution in [1.29, 1.82) is 0 Å². The number of nitrogens with zero attached hydrogens (tertiary/aromatic N) is 3. The molecule has 0 amide bonds. The average molecular weight is 434 g/mol. The number of aromatic carboxylic acids is 1. The molecule has 2 aromatic carbocycles. The van der Waals surface area contributed by atoms with E-state index in [1.165, 1.54) is 19.3 Å². The Balaban J connectivity index is 1.77. The van der Waals surface area contributed by atoms with Crippen LogP contribution < -0.4 is 0 Å². The first-order chi connectivity index (χ1) is 15.5. The number of hydrogen-bond donors (Lipinski definition) is 1. The smallest absolute Gasteiger partial charge is 0.336 e. The Labute approximate surface area is 191 Å².